The number of aliphatic imine (C=N–C) groups is 1. The number of thioether (sulfide) groups is 1. The van der Waals surface area contributed by atoms with Crippen LogP contribution < -0.4 is 0 Å². The van der Waals surface area contributed by atoms with Gasteiger partial charge in [-0.15, -0.1) is 0 Å². The predicted octanol–water partition coefficient (Wildman–Crippen LogP) is 2.45. The molecule has 0 aliphatic carbocycles. The zero-order chi connectivity index (χ0) is 12.3. The number of amides is 1. The van der Waals surface area contributed by atoms with Gasteiger partial charge < -0.3 is 0 Å². The van der Waals surface area contributed by atoms with Crippen molar-refractivity contribution in [3.63, 3.8) is 0 Å². The van der Waals surface area contributed by atoms with Crippen molar-refractivity contribution in [2.45, 2.75) is 19.6 Å². The lowest BCUT2D eigenvalue weighted by Crippen LogP contribution is -2.30. The van der Waals surface area contributed by atoms with Gasteiger partial charge in [-0.2, -0.15) is 0 Å². The van der Waals surface area contributed by atoms with Gasteiger partial charge in [0.2, 0.25) is 5.91 Å². The van der Waals surface area contributed by atoms with E-state index in [0.29, 0.717) is 0 Å². The minimum atomic E-state index is 0.0820. The highest BCUT2D eigenvalue weighted by molar-refractivity contribution is 8.13. The number of amidine groups is 1. The lowest BCUT2D eigenvalue weighted by molar-refractivity contribution is -0.124. The van der Waals surface area contributed by atoms with E-state index in [9.17, 15) is 4.79 Å². The Morgan fingerprint density at radius 2 is 2.24 bits per heavy atom. The van der Waals surface area contributed by atoms with Crippen LogP contribution in [0.1, 0.15) is 18.1 Å². The van der Waals surface area contributed by atoms with Gasteiger partial charge in [0.1, 0.15) is 0 Å². The van der Waals surface area contributed by atoms with E-state index in [4.69, 9.17) is 0 Å². The highest BCUT2D eigenvalue weighted by Gasteiger charge is 2.20. The third-order valence-electron chi connectivity index (χ3n) is 2.80. The van der Waals surface area contributed by atoms with E-state index in [1.165, 1.54) is 11.1 Å². The molecule has 90 valence electrons. The van der Waals surface area contributed by atoms with Crippen molar-refractivity contribution in [3.05, 3.63) is 35.4 Å². The number of nitrogens with zero attached hydrogens (tertiary/aromatic N) is 2. The van der Waals surface area contributed by atoms with Gasteiger partial charge in [0.05, 0.1) is 6.54 Å². The number of benzene rings is 1. The van der Waals surface area contributed by atoms with Gasteiger partial charge in [0.15, 0.2) is 5.17 Å². The molecule has 0 bridgehead atoms. The number of hydrogen-bond acceptors (Lipinski definition) is 3. The van der Waals surface area contributed by atoms with Crippen LogP contribution in [0.15, 0.2) is 29.3 Å². The van der Waals surface area contributed by atoms with Crippen molar-refractivity contribution in [2.75, 3.05) is 13.1 Å². The molecule has 4 heteroatoms. The minimum Gasteiger partial charge on any atom is -0.290 e. The maximum atomic E-state index is 11.4. The molecule has 1 aromatic rings. The first-order valence-corrected chi connectivity index (χ1v) is 6.67. The van der Waals surface area contributed by atoms with Crippen LogP contribution in [0, 0.1) is 6.92 Å². The molecule has 1 heterocycles. The molecule has 0 atom stereocenters. The molecule has 2 rings (SSSR count). The summed E-state index contributed by atoms with van der Waals surface area (Å²) in [5.74, 6) is 0.952. The average Bonchev–Trinajstić information content (AvgIpc) is 2.76. The third kappa shape index (κ3) is 2.88. The zero-order valence-electron chi connectivity index (χ0n) is 10.1. The maximum Gasteiger partial charge on any atom is 0.225 e. The lowest BCUT2D eigenvalue weighted by atomic mass is 10.1. The number of hydrogen-bond donors (Lipinski definition) is 0. The molecule has 0 fully saturated rings. The first-order valence-electron chi connectivity index (χ1n) is 5.68. The number of rotatable bonds is 2. The van der Waals surface area contributed by atoms with Crippen molar-refractivity contribution >= 4 is 22.8 Å². The highest BCUT2D eigenvalue weighted by atomic mass is 32.2. The fraction of sp³-hybridized carbons (Fsp3) is 0.385. The molecule has 1 amide bonds. The Kier molecular flexibility index (Phi) is 3.84. The van der Waals surface area contributed by atoms with Crippen molar-refractivity contribution in [3.8, 4) is 0 Å². The largest absolute Gasteiger partial charge is 0.290 e. The van der Waals surface area contributed by atoms with Crippen LogP contribution in [0.3, 0.4) is 0 Å². The Labute approximate surface area is 106 Å². The second kappa shape index (κ2) is 5.36. The Balaban J connectivity index is 1.99. The summed E-state index contributed by atoms with van der Waals surface area (Å²) in [6.07, 6.45) is 0. The molecule has 0 aromatic heterocycles. The predicted molar refractivity (Wildman–Crippen MR) is 72.2 cm³/mol. The topological polar surface area (TPSA) is 32.7 Å². The van der Waals surface area contributed by atoms with Crippen LogP contribution in [0.4, 0.5) is 0 Å². The van der Waals surface area contributed by atoms with Gasteiger partial charge in [0.25, 0.3) is 0 Å². The minimum absolute atomic E-state index is 0.0820. The first kappa shape index (κ1) is 12.2. The van der Waals surface area contributed by atoms with Gasteiger partial charge in [-0.1, -0.05) is 36.0 Å². The fourth-order valence-electron chi connectivity index (χ4n) is 1.76. The summed E-state index contributed by atoms with van der Waals surface area (Å²) in [6, 6.07) is 8.31. The van der Waals surface area contributed by atoms with Gasteiger partial charge >= 0.3 is 0 Å². The van der Waals surface area contributed by atoms with Crippen LogP contribution in [-0.4, -0.2) is 29.1 Å². The molecule has 0 unspecified atom stereocenters. The fourth-order valence-corrected chi connectivity index (χ4v) is 2.92. The van der Waals surface area contributed by atoms with Crippen molar-refractivity contribution in [1.82, 2.24) is 4.90 Å². The third-order valence-corrected chi connectivity index (χ3v) is 3.86. The van der Waals surface area contributed by atoms with Crippen LogP contribution in [0.5, 0.6) is 0 Å². The molecule has 1 aliphatic heterocycles. The van der Waals surface area contributed by atoms with Crippen LogP contribution in [0.25, 0.3) is 0 Å². The van der Waals surface area contributed by atoms with E-state index in [1.807, 2.05) is 12.1 Å². The summed E-state index contributed by atoms with van der Waals surface area (Å²) in [6.45, 7) is 5.16. The van der Waals surface area contributed by atoms with E-state index in [1.54, 1.807) is 23.6 Å². The molecular weight excluding hydrogens is 232 g/mol. The number of carbonyl (C=O) groups is 1. The molecule has 17 heavy (non-hydrogen) atoms. The highest BCUT2D eigenvalue weighted by Crippen LogP contribution is 2.21. The second-order valence-corrected chi connectivity index (χ2v) is 4.99. The Morgan fingerprint density at radius 3 is 2.94 bits per heavy atom. The van der Waals surface area contributed by atoms with Gasteiger partial charge in [0, 0.05) is 19.2 Å². The summed E-state index contributed by atoms with van der Waals surface area (Å²) >= 11 is 1.64. The van der Waals surface area contributed by atoms with Gasteiger partial charge in [-0.3, -0.25) is 14.7 Å². The van der Waals surface area contributed by atoms with Crippen molar-refractivity contribution in [1.29, 1.82) is 0 Å². The van der Waals surface area contributed by atoms with Crippen molar-refractivity contribution < 1.29 is 4.79 Å². The molecule has 0 saturated heterocycles. The lowest BCUT2D eigenvalue weighted by Gasteiger charge is -2.15. The van der Waals surface area contributed by atoms with E-state index < -0.39 is 0 Å². The Hall–Kier alpha value is -1.29. The molecule has 1 aliphatic rings. The van der Waals surface area contributed by atoms with Crippen LogP contribution >= 0.6 is 11.8 Å². The molecular formula is C13H16N2OS. The average molecular weight is 248 g/mol. The Morgan fingerprint density at radius 1 is 1.47 bits per heavy atom. The normalized spacial score (nSPS) is 14.9. The van der Waals surface area contributed by atoms with E-state index in [-0.39, 0.29) is 5.91 Å². The molecule has 0 spiro atoms. The molecule has 0 N–H and O–H groups in total. The summed E-state index contributed by atoms with van der Waals surface area (Å²) in [5.41, 5.74) is 2.59. The summed E-state index contributed by atoms with van der Waals surface area (Å²) in [5, 5.41) is 0.862. The maximum absolute atomic E-state index is 11.4. The van der Waals surface area contributed by atoms with Gasteiger partial charge in [-0.25, -0.2) is 0 Å². The van der Waals surface area contributed by atoms with E-state index in [2.05, 4.69) is 24.0 Å². The summed E-state index contributed by atoms with van der Waals surface area (Å²) in [4.78, 5) is 17.5. The van der Waals surface area contributed by atoms with Crippen LogP contribution in [-0.2, 0) is 10.5 Å². The van der Waals surface area contributed by atoms with Crippen molar-refractivity contribution in [2.24, 2.45) is 4.99 Å². The SMILES string of the molecule is CC(=O)N1CCN=C1SCc1ccccc1C. The number of aryl methyl sites for hydroxylation is 1. The van der Waals surface area contributed by atoms with E-state index >= 15 is 0 Å². The summed E-state index contributed by atoms with van der Waals surface area (Å²) in [7, 11) is 0. The molecule has 1 aromatic carbocycles. The molecule has 3 nitrogen and oxygen atoms in total. The van der Waals surface area contributed by atoms with Crippen LogP contribution in [0.2, 0.25) is 0 Å². The van der Waals surface area contributed by atoms with E-state index in [0.717, 1.165) is 24.0 Å². The smallest absolute Gasteiger partial charge is 0.225 e. The standard InChI is InChI=1S/C13H16N2OS/c1-10-5-3-4-6-12(10)9-17-13-14-7-8-15(13)11(2)16/h3-6H,7-9H2,1-2H3. The quantitative estimate of drug-likeness (QED) is 0.805. The molecule has 0 radical (unpaired) electrons. The van der Waals surface area contributed by atoms with Gasteiger partial charge in [-0.05, 0) is 18.1 Å². The number of carbonyl (C=O) groups excluding carboxylic acids is 1. The Bertz CT molecular complexity index is 456. The summed E-state index contributed by atoms with van der Waals surface area (Å²) < 4.78 is 0. The molecule has 0 saturated carbocycles. The zero-order valence-corrected chi connectivity index (χ0v) is 11.0. The monoisotopic (exact) mass is 248 g/mol. The second-order valence-electron chi connectivity index (χ2n) is 4.05. The first-order chi connectivity index (χ1) is 8.18.